The third kappa shape index (κ3) is 3.39. The number of carbonyl (C=O) groups is 1. The molecule has 0 aliphatic heterocycles. The molecule has 0 fully saturated rings. The first-order valence-electron chi connectivity index (χ1n) is 5.83. The van der Waals surface area contributed by atoms with E-state index in [-0.39, 0.29) is 0 Å². The average Bonchev–Trinajstić information content (AvgIpc) is 2.49. The van der Waals surface area contributed by atoms with Gasteiger partial charge in [0.1, 0.15) is 5.71 Å². The molecule has 3 nitrogen and oxygen atoms in total. The van der Waals surface area contributed by atoms with Crippen LogP contribution in [0, 0.1) is 0 Å². The van der Waals surface area contributed by atoms with Crippen LogP contribution in [-0.4, -0.2) is 11.7 Å². The van der Waals surface area contributed by atoms with Crippen molar-refractivity contribution in [3.8, 4) is 0 Å². The molecule has 19 heavy (non-hydrogen) atoms. The van der Waals surface area contributed by atoms with E-state index in [4.69, 9.17) is 4.84 Å². The predicted octanol–water partition coefficient (Wildman–Crippen LogP) is 3.17. The molecule has 94 valence electrons. The molecular formula is C16H13NO2. The number of benzene rings is 2. The molecule has 0 atom stereocenters. The van der Waals surface area contributed by atoms with Crippen LogP contribution in [0.2, 0.25) is 0 Å². The molecule has 0 heterocycles. The van der Waals surface area contributed by atoms with Gasteiger partial charge in [0, 0.05) is 17.2 Å². The summed E-state index contributed by atoms with van der Waals surface area (Å²) in [6.45, 7) is 3.34. The highest BCUT2D eigenvalue weighted by molar-refractivity contribution is 6.12. The van der Waals surface area contributed by atoms with Crippen LogP contribution in [0.15, 0.2) is 78.5 Å². The van der Waals surface area contributed by atoms with Crippen LogP contribution < -0.4 is 0 Å². The van der Waals surface area contributed by atoms with E-state index < -0.39 is 5.97 Å². The third-order valence-electron chi connectivity index (χ3n) is 2.49. The van der Waals surface area contributed by atoms with Gasteiger partial charge in [0.05, 0.1) is 0 Å². The second kappa shape index (κ2) is 6.31. The first-order chi connectivity index (χ1) is 9.31. The molecule has 0 spiro atoms. The second-order valence-electron chi connectivity index (χ2n) is 3.79. The number of hydrogen-bond donors (Lipinski definition) is 0. The number of nitrogens with zero attached hydrogens (tertiary/aromatic N) is 1. The van der Waals surface area contributed by atoms with E-state index in [1.54, 1.807) is 0 Å². The SMILES string of the molecule is C=CC(=O)ON=C(c1ccccc1)c1ccccc1. The zero-order valence-corrected chi connectivity index (χ0v) is 10.3. The number of hydrogen-bond acceptors (Lipinski definition) is 3. The monoisotopic (exact) mass is 251 g/mol. The van der Waals surface area contributed by atoms with Gasteiger partial charge in [0.2, 0.25) is 0 Å². The van der Waals surface area contributed by atoms with Crippen molar-refractivity contribution in [1.29, 1.82) is 0 Å². The molecular weight excluding hydrogens is 238 g/mol. The minimum absolute atomic E-state index is 0.579. The van der Waals surface area contributed by atoms with Gasteiger partial charge in [-0.1, -0.05) is 72.4 Å². The lowest BCUT2D eigenvalue weighted by Crippen LogP contribution is -2.06. The summed E-state index contributed by atoms with van der Waals surface area (Å²) in [5, 5.41) is 3.93. The third-order valence-corrected chi connectivity index (χ3v) is 2.49. The Morgan fingerprint density at radius 1 is 0.947 bits per heavy atom. The van der Waals surface area contributed by atoms with E-state index in [1.807, 2.05) is 60.7 Å². The Bertz CT molecular complexity index is 547. The molecule has 0 saturated heterocycles. The first kappa shape index (κ1) is 12.8. The lowest BCUT2D eigenvalue weighted by Gasteiger charge is -2.05. The Kier molecular flexibility index (Phi) is 4.24. The number of carbonyl (C=O) groups excluding carboxylic acids is 1. The summed E-state index contributed by atoms with van der Waals surface area (Å²) in [5.74, 6) is -0.579. The smallest absolute Gasteiger partial charge is 0.313 e. The first-order valence-corrected chi connectivity index (χ1v) is 5.83. The van der Waals surface area contributed by atoms with Crippen LogP contribution in [-0.2, 0) is 9.63 Å². The number of oxime groups is 1. The zero-order valence-electron chi connectivity index (χ0n) is 10.3. The molecule has 2 aromatic rings. The quantitative estimate of drug-likeness (QED) is 0.362. The molecule has 2 rings (SSSR count). The maximum atomic E-state index is 11.1. The van der Waals surface area contributed by atoms with Gasteiger partial charge in [-0.3, -0.25) is 0 Å². The highest BCUT2D eigenvalue weighted by atomic mass is 16.7. The van der Waals surface area contributed by atoms with E-state index in [1.165, 1.54) is 0 Å². The Labute approximate surface area is 111 Å². The van der Waals surface area contributed by atoms with Crippen molar-refractivity contribution >= 4 is 11.7 Å². The fourth-order valence-electron chi connectivity index (χ4n) is 1.59. The van der Waals surface area contributed by atoms with Crippen LogP contribution in [0.1, 0.15) is 11.1 Å². The molecule has 2 aromatic carbocycles. The standard InChI is InChI=1S/C16H13NO2/c1-2-15(18)19-17-16(13-9-5-3-6-10-13)14-11-7-4-8-12-14/h2-12H,1H2. The van der Waals surface area contributed by atoms with Crippen molar-refractivity contribution in [3.63, 3.8) is 0 Å². The molecule has 0 radical (unpaired) electrons. The maximum absolute atomic E-state index is 11.1. The second-order valence-corrected chi connectivity index (χ2v) is 3.79. The molecule has 0 aromatic heterocycles. The van der Waals surface area contributed by atoms with E-state index in [2.05, 4.69) is 11.7 Å². The minimum atomic E-state index is -0.579. The average molecular weight is 251 g/mol. The molecule has 0 amide bonds. The van der Waals surface area contributed by atoms with E-state index >= 15 is 0 Å². The Morgan fingerprint density at radius 2 is 1.42 bits per heavy atom. The minimum Gasteiger partial charge on any atom is -0.313 e. The summed E-state index contributed by atoms with van der Waals surface area (Å²) in [6, 6.07) is 19.1. The van der Waals surface area contributed by atoms with Crippen molar-refractivity contribution in [3.05, 3.63) is 84.4 Å². The molecule has 0 aliphatic rings. The van der Waals surface area contributed by atoms with E-state index in [9.17, 15) is 4.79 Å². The van der Waals surface area contributed by atoms with Gasteiger partial charge < -0.3 is 4.84 Å². The van der Waals surface area contributed by atoms with Crippen molar-refractivity contribution in [2.45, 2.75) is 0 Å². The lowest BCUT2D eigenvalue weighted by molar-refractivity contribution is -0.137. The van der Waals surface area contributed by atoms with Crippen molar-refractivity contribution < 1.29 is 9.63 Å². The number of rotatable bonds is 4. The normalized spacial score (nSPS) is 9.47. The fraction of sp³-hybridized carbons (Fsp3) is 0. The van der Waals surface area contributed by atoms with Gasteiger partial charge in [-0.05, 0) is 0 Å². The van der Waals surface area contributed by atoms with Crippen LogP contribution in [0.25, 0.3) is 0 Å². The molecule has 0 aliphatic carbocycles. The summed E-state index contributed by atoms with van der Waals surface area (Å²) < 4.78 is 0. The zero-order chi connectivity index (χ0) is 13.5. The highest BCUT2D eigenvalue weighted by Crippen LogP contribution is 2.11. The van der Waals surface area contributed by atoms with E-state index in [0.717, 1.165) is 17.2 Å². The summed E-state index contributed by atoms with van der Waals surface area (Å²) in [4.78, 5) is 15.9. The van der Waals surface area contributed by atoms with Crippen LogP contribution in [0.4, 0.5) is 0 Å². The molecule has 0 saturated carbocycles. The molecule has 0 unspecified atom stereocenters. The van der Waals surface area contributed by atoms with Gasteiger partial charge >= 0.3 is 5.97 Å². The molecule has 3 heteroatoms. The van der Waals surface area contributed by atoms with Crippen molar-refractivity contribution in [2.24, 2.45) is 5.16 Å². The summed E-state index contributed by atoms with van der Waals surface area (Å²) >= 11 is 0. The van der Waals surface area contributed by atoms with Gasteiger partial charge in [-0.2, -0.15) is 0 Å². The Morgan fingerprint density at radius 3 is 1.84 bits per heavy atom. The largest absolute Gasteiger partial charge is 0.358 e. The van der Waals surface area contributed by atoms with Gasteiger partial charge in [-0.15, -0.1) is 0 Å². The van der Waals surface area contributed by atoms with Crippen molar-refractivity contribution in [2.75, 3.05) is 0 Å². The fourth-order valence-corrected chi connectivity index (χ4v) is 1.59. The summed E-state index contributed by atoms with van der Waals surface area (Å²) in [6.07, 6.45) is 1.08. The topological polar surface area (TPSA) is 38.7 Å². The van der Waals surface area contributed by atoms with Gasteiger partial charge in [0.25, 0.3) is 0 Å². The Balaban J connectivity index is 2.40. The predicted molar refractivity (Wildman–Crippen MR) is 74.8 cm³/mol. The van der Waals surface area contributed by atoms with Crippen molar-refractivity contribution in [1.82, 2.24) is 0 Å². The molecule has 0 bridgehead atoms. The van der Waals surface area contributed by atoms with Crippen LogP contribution >= 0.6 is 0 Å². The summed E-state index contributed by atoms with van der Waals surface area (Å²) in [5.41, 5.74) is 2.37. The lowest BCUT2D eigenvalue weighted by atomic mass is 10.0. The summed E-state index contributed by atoms with van der Waals surface area (Å²) in [7, 11) is 0. The van der Waals surface area contributed by atoms with Gasteiger partial charge in [-0.25, -0.2) is 4.79 Å². The van der Waals surface area contributed by atoms with Crippen LogP contribution in [0.5, 0.6) is 0 Å². The maximum Gasteiger partial charge on any atom is 0.358 e. The van der Waals surface area contributed by atoms with Crippen LogP contribution in [0.3, 0.4) is 0 Å². The molecule has 0 N–H and O–H groups in total. The van der Waals surface area contributed by atoms with Gasteiger partial charge in [0.15, 0.2) is 0 Å². The Hall–Kier alpha value is -2.68. The van der Waals surface area contributed by atoms with E-state index in [0.29, 0.717) is 5.71 Å². The highest BCUT2D eigenvalue weighted by Gasteiger charge is 2.07.